The van der Waals surface area contributed by atoms with Crippen LogP contribution in [0.4, 0.5) is 5.95 Å². The Hall–Kier alpha value is -3.68. The first-order valence-corrected chi connectivity index (χ1v) is 7.68. The first-order chi connectivity index (χ1) is 12.2. The lowest BCUT2D eigenvalue weighted by atomic mass is 10.2. The van der Waals surface area contributed by atoms with E-state index in [1.165, 1.54) is 0 Å². The van der Waals surface area contributed by atoms with Gasteiger partial charge in [-0.3, -0.25) is 9.89 Å². The number of carbonyl (C=O) groups excluding carboxylic acids is 1. The van der Waals surface area contributed by atoms with Crippen molar-refractivity contribution >= 4 is 17.5 Å². The van der Waals surface area contributed by atoms with E-state index in [0.717, 1.165) is 16.9 Å². The number of nitrogens with one attached hydrogen (secondary N) is 2. The van der Waals surface area contributed by atoms with Crippen molar-refractivity contribution in [3.8, 4) is 11.3 Å². The van der Waals surface area contributed by atoms with Gasteiger partial charge in [-0.15, -0.1) is 5.10 Å². The van der Waals surface area contributed by atoms with Gasteiger partial charge in [0.15, 0.2) is 0 Å². The molecule has 3 heterocycles. The topological polar surface area (TPSA) is 114 Å². The highest BCUT2D eigenvalue weighted by Crippen LogP contribution is 2.19. The van der Waals surface area contributed by atoms with Crippen LogP contribution >= 0.6 is 0 Å². The predicted molar refractivity (Wildman–Crippen MR) is 92.6 cm³/mol. The molecule has 0 spiro atoms. The number of rotatable bonds is 4. The zero-order valence-corrected chi connectivity index (χ0v) is 13.2. The molecule has 0 aliphatic rings. The van der Waals surface area contributed by atoms with Gasteiger partial charge in [0.05, 0.1) is 17.8 Å². The lowest BCUT2D eigenvalue weighted by molar-refractivity contribution is 0.0949. The Balaban J connectivity index is 1.55. The largest absolute Gasteiger partial charge is 0.367 e. The van der Waals surface area contributed by atoms with Crippen LogP contribution in [-0.2, 0) is 6.54 Å². The molecular formula is C17H15N7O. The Morgan fingerprint density at radius 3 is 2.72 bits per heavy atom. The molecule has 1 amide bonds. The van der Waals surface area contributed by atoms with E-state index in [4.69, 9.17) is 5.73 Å². The monoisotopic (exact) mass is 333 g/mol. The smallest absolute Gasteiger partial charge is 0.253 e. The Kier molecular flexibility index (Phi) is 3.62. The Labute approximate surface area is 142 Å². The van der Waals surface area contributed by atoms with Gasteiger partial charge in [-0.2, -0.15) is 4.98 Å². The fourth-order valence-electron chi connectivity index (χ4n) is 2.53. The van der Waals surface area contributed by atoms with Crippen molar-refractivity contribution in [1.29, 1.82) is 0 Å². The molecule has 0 aliphatic carbocycles. The maximum Gasteiger partial charge on any atom is 0.253 e. The maximum atomic E-state index is 12.3. The fourth-order valence-corrected chi connectivity index (χ4v) is 2.53. The number of fused-ring (bicyclic) bond motifs is 1. The number of pyridine rings is 1. The van der Waals surface area contributed by atoms with Crippen LogP contribution in [-0.4, -0.2) is 30.5 Å². The maximum absolute atomic E-state index is 12.3. The molecule has 8 nitrogen and oxygen atoms in total. The molecule has 0 bridgehead atoms. The van der Waals surface area contributed by atoms with Crippen molar-refractivity contribution < 1.29 is 4.79 Å². The van der Waals surface area contributed by atoms with Crippen LogP contribution in [0.3, 0.4) is 0 Å². The molecule has 4 rings (SSSR count). The number of nitrogens with zero attached hydrogens (tertiary/aromatic N) is 4. The minimum atomic E-state index is -0.216. The first kappa shape index (κ1) is 14.9. The number of nitrogens with two attached hydrogens (primary N) is 1. The molecule has 0 saturated carbocycles. The second kappa shape index (κ2) is 6.08. The van der Waals surface area contributed by atoms with Gasteiger partial charge in [0.25, 0.3) is 5.91 Å². The summed E-state index contributed by atoms with van der Waals surface area (Å²) in [5.74, 6) is 0.435. The molecule has 1 aromatic carbocycles. The molecule has 0 atom stereocenters. The molecule has 3 aromatic heterocycles. The first-order valence-electron chi connectivity index (χ1n) is 7.68. The summed E-state index contributed by atoms with van der Waals surface area (Å²) in [6, 6.07) is 13.4. The number of anilines is 1. The summed E-state index contributed by atoms with van der Waals surface area (Å²) >= 11 is 0. The number of H-pyrrole nitrogens is 1. The molecule has 4 aromatic rings. The number of aromatic amines is 1. The van der Waals surface area contributed by atoms with E-state index in [0.29, 0.717) is 11.4 Å². The lowest BCUT2D eigenvalue weighted by Crippen LogP contribution is -2.23. The van der Waals surface area contributed by atoms with Crippen molar-refractivity contribution in [3.63, 3.8) is 0 Å². The molecule has 0 aliphatic heterocycles. The van der Waals surface area contributed by atoms with Gasteiger partial charge in [0, 0.05) is 18.0 Å². The predicted octanol–water partition coefficient (Wildman–Crippen LogP) is 1.63. The second-order valence-electron chi connectivity index (χ2n) is 5.50. The summed E-state index contributed by atoms with van der Waals surface area (Å²) in [7, 11) is 0. The van der Waals surface area contributed by atoms with Gasteiger partial charge in [0.2, 0.25) is 5.95 Å². The third-order valence-corrected chi connectivity index (χ3v) is 3.75. The normalized spacial score (nSPS) is 10.9. The number of carbonyl (C=O) groups is 1. The zero-order chi connectivity index (χ0) is 17.2. The number of benzene rings is 1. The van der Waals surface area contributed by atoms with Crippen LogP contribution in [0, 0.1) is 0 Å². The molecule has 4 N–H and O–H groups in total. The summed E-state index contributed by atoms with van der Waals surface area (Å²) in [5.41, 5.74) is 8.62. The Morgan fingerprint density at radius 2 is 1.96 bits per heavy atom. The van der Waals surface area contributed by atoms with Gasteiger partial charge in [0.1, 0.15) is 11.5 Å². The number of hydrogen-bond donors (Lipinski definition) is 3. The molecule has 0 unspecified atom stereocenters. The van der Waals surface area contributed by atoms with Crippen molar-refractivity contribution in [1.82, 2.24) is 29.9 Å². The molecule has 8 heteroatoms. The van der Waals surface area contributed by atoms with E-state index < -0.39 is 0 Å². The van der Waals surface area contributed by atoms with Crippen molar-refractivity contribution in [2.24, 2.45) is 0 Å². The van der Waals surface area contributed by atoms with Gasteiger partial charge in [-0.1, -0.05) is 30.3 Å². The highest BCUT2D eigenvalue weighted by atomic mass is 16.1. The van der Waals surface area contributed by atoms with Crippen LogP contribution in [0.2, 0.25) is 0 Å². The van der Waals surface area contributed by atoms with Gasteiger partial charge in [-0.25, -0.2) is 4.98 Å². The molecule has 124 valence electrons. The number of nitrogen functional groups attached to an aromatic ring is 1. The fraction of sp³-hybridized carbons (Fsp3) is 0.0588. The van der Waals surface area contributed by atoms with E-state index in [-0.39, 0.29) is 18.4 Å². The standard InChI is InChI=1S/C17H15N7O/c18-17-21-14(22-23-17)8-19-16(25)12-6-7-15-20-13(10-24(15)9-12)11-4-2-1-3-5-11/h1-7,9-10H,8H2,(H,19,25)(H3,18,21,22,23). The number of amides is 1. The third-order valence-electron chi connectivity index (χ3n) is 3.75. The average molecular weight is 333 g/mol. The van der Waals surface area contributed by atoms with Gasteiger partial charge < -0.3 is 15.5 Å². The minimum Gasteiger partial charge on any atom is -0.367 e. The number of imidazole rings is 1. The Bertz CT molecular complexity index is 1040. The van der Waals surface area contributed by atoms with Crippen LogP contribution in [0.5, 0.6) is 0 Å². The van der Waals surface area contributed by atoms with Crippen molar-refractivity contribution in [2.45, 2.75) is 6.54 Å². The highest BCUT2D eigenvalue weighted by Gasteiger charge is 2.10. The zero-order valence-electron chi connectivity index (χ0n) is 13.2. The van der Waals surface area contributed by atoms with Crippen LogP contribution in [0.15, 0.2) is 54.9 Å². The van der Waals surface area contributed by atoms with E-state index >= 15 is 0 Å². The summed E-state index contributed by atoms with van der Waals surface area (Å²) in [5, 5.41) is 9.13. The summed E-state index contributed by atoms with van der Waals surface area (Å²) in [6.07, 6.45) is 3.65. The van der Waals surface area contributed by atoms with Crippen molar-refractivity contribution in [3.05, 3.63) is 66.2 Å². The minimum absolute atomic E-state index is 0.150. The quantitative estimate of drug-likeness (QED) is 0.525. The third kappa shape index (κ3) is 3.05. The molecular weight excluding hydrogens is 318 g/mol. The van der Waals surface area contributed by atoms with E-state index in [1.807, 2.05) is 47.0 Å². The van der Waals surface area contributed by atoms with E-state index in [1.54, 1.807) is 12.3 Å². The molecule has 0 saturated heterocycles. The molecule has 25 heavy (non-hydrogen) atoms. The summed E-state index contributed by atoms with van der Waals surface area (Å²) < 4.78 is 1.84. The van der Waals surface area contributed by atoms with Crippen LogP contribution in [0.1, 0.15) is 16.2 Å². The summed E-state index contributed by atoms with van der Waals surface area (Å²) in [4.78, 5) is 20.8. The average Bonchev–Trinajstić information content (AvgIpc) is 3.25. The molecule has 0 radical (unpaired) electrons. The SMILES string of the molecule is Nc1n[nH]c(CNC(=O)c2ccc3nc(-c4ccccc4)cn3c2)n1. The number of hydrogen-bond acceptors (Lipinski definition) is 5. The van der Waals surface area contributed by atoms with Crippen molar-refractivity contribution in [2.75, 3.05) is 5.73 Å². The van der Waals surface area contributed by atoms with Gasteiger partial charge in [-0.05, 0) is 12.1 Å². The summed E-state index contributed by atoms with van der Waals surface area (Å²) in [6.45, 7) is 0.222. The van der Waals surface area contributed by atoms with E-state index in [9.17, 15) is 4.79 Å². The number of aromatic nitrogens is 5. The van der Waals surface area contributed by atoms with Crippen LogP contribution in [0.25, 0.3) is 16.9 Å². The van der Waals surface area contributed by atoms with Crippen LogP contribution < -0.4 is 11.1 Å². The van der Waals surface area contributed by atoms with Gasteiger partial charge >= 0.3 is 0 Å². The van der Waals surface area contributed by atoms with E-state index in [2.05, 4.69) is 25.5 Å². The lowest BCUT2D eigenvalue weighted by Gasteiger charge is -2.03. The highest BCUT2D eigenvalue weighted by molar-refractivity contribution is 5.94. The Morgan fingerprint density at radius 1 is 1.12 bits per heavy atom. The second-order valence-corrected chi connectivity index (χ2v) is 5.50. The molecule has 0 fully saturated rings.